The maximum atomic E-state index is 5.56. The van der Waals surface area contributed by atoms with Crippen molar-refractivity contribution in [2.45, 2.75) is 26.3 Å². The van der Waals surface area contributed by atoms with Gasteiger partial charge in [-0.15, -0.1) is 0 Å². The van der Waals surface area contributed by atoms with E-state index in [9.17, 15) is 0 Å². The Labute approximate surface area is 110 Å². The van der Waals surface area contributed by atoms with Crippen LogP contribution >= 0.6 is 0 Å². The van der Waals surface area contributed by atoms with Crippen molar-refractivity contribution >= 4 is 0 Å². The molecule has 0 spiro atoms. The topological polar surface area (TPSA) is 24.5 Å². The molecule has 1 saturated heterocycles. The average Bonchev–Trinajstić information content (AvgIpc) is 2.27. The van der Waals surface area contributed by atoms with E-state index in [2.05, 4.69) is 42.4 Å². The first-order valence-corrected chi connectivity index (χ1v) is 6.84. The number of benzene rings is 1. The molecule has 1 aliphatic rings. The number of ether oxygens (including phenoxy) is 1. The van der Waals surface area contributed by atoms with E-state index in [0.29, 0.717) is 0 Å². The summed E-state index contributed by atoms with van der Waals surface area (Å²) in [6.07, 6.45) is 1.11. The zero-order valence-electron chi connectivity index (χ0n) is 11.7. The first-order valence-electron chi connectivity index (χ1n) is 6.84. The molecule has 0 aliphatic carbocycles. The van der Waals surface area contributed by atoms with Gasteiger partial charge in [-0.2, -0.15) is 0 Å². The summed E-state index contributed by atoms with van der Waals surface area (Å²) in [5, 5.41) is 3.31. The summed E-state index contributed by atoms with van der Waals surface area (Å²) in [5.74, 6) is 1.01. The second-order valence-electron chi connectivity index (χ2n) is 5.08. The highest BCUT2D eigenvalue weighted by atomic mass is 16.5. The van der Waals surface area contributed by atoms with Crippen LogP contribution in [0.3, 0.4) is 0 Å². The number of aryl methyl sites for hydroxylation is 1. The number of hydrogen-bond acceptors (Lipinski definition) is 3. The molecule has 0 atom stereocenters. The van der Waals surface area contributed by atoms with Crippen LogP contribution in [0, 0.1) is 6.92 Å². The summed E-state index contributed by atoms with van der Waals surface area (Å²) in [6, 6.07) is 7.26. The lowest BCUT2D eigenvalue weighted by molar-refractivity contribution is 0.182. The molecule has 0 amide bonds. The molecule has 0 unspecified atom stereocenters. The van der Waals surface area contributed by atoms with Gasteiger partial charge in [0.1, 0.15) is 5.75 Å². The van der Waals surface area contributed by atoms with Crippen molar-refractivity contribution in [2.75, 3.05) is 33.3 Å². The third kappa shape index (κ3) is 3.24. The van der Waals surface area contributed by atoms with Gasteiger partial charge in [-0.25, -0.2) is 0 Å². The minimum Gasteiger partial charge on any atom is -0.494 e. The van der Waals surface area contributed by atoms with Crippen molar-refractivity contribution in [1.29, 1.82) is 0 Å². The number of hydrogen-bond donors (Lipinski definition) is 1. The van der Waals surface area contributed by atoms with Crippen molar-refractivity contribution < 1.29 is 4.74 Å². The minimum atomic E-state index is 0.730. The largest absolute Gasteiger partial charge is 0.494 e. The van der Waals surface area contributed by atoms with Crippen LogP contribution in [0.5, 0.6) is 5.75 Å². The summed E-state index contributed by atoms with van der Waals surface area (Å²) < 4.78 is 5.56. The molecule has 1 N–H and O–H groups in total. The summed E-state index contributed by atoms with van der Waals surface area (Å²) in [7, 11) is 2.22. The second kappa shape index (κ2) is 6.21. The molecule has 3 nitrogen and oxygen atoms in total. The molecule has 18 heavy (non-hydrogen) atoms. The Balaban J connectivity index is 1.87. The van der Waals surface area contributed by atoms with E-state index in [0.717, 1.165) is 44.5 Å². The van der Waals surface area contributed by atoms with Crippen molar-refractivity contribution in [3.63, 3.8) is 0 Å². The van der Waals surface area contributed by atoms with Crippen LogP contribution in [-0.4, -0.2) is 44.2 Å². The molecule has 0 saturated carbocycles. The molecule has 0 bridgehead atoms. The predicted octanol–water partition coefficient (Wildman–Crippen LogP) is 1.84. The lowest BCUT2D eigenvalue weighted by atomic mass is 10.1. The molecule has 0 radical (unpaired) electrons. The van der Waals surface area contributed by atoms with Crippen molar-refractivity contribution in [3.05, 3.63) is 29.3 Å². The van der Waals surface area contributed by atoms with Gasteiger partial charge in [0, 0.05) is 25.7 Å². The van der Waals surface area contributed by atoms with E-state index in [1.165, 1.54) is 11.1 Å². The van der Waals surface area contributed by atoms with Gasteiger partial charge in [0.2, 0.25) is 0 Å². The molecule has 2 rings (SSSR count). The molecule has 1 heterocycles. The van der Waals surface area contributed by atoms with E-state index in [1.54, 1.807) is 0 Å². The smallest absolute Gasteiger partial charge is 0.122 e. The average molecular weight is 248 g/mol. The Morgan fingerprint density at radius 1 is 1.39 bits per heavy atom. The highest BCUT2D eigenvalue weighted by Crippen LogP contribution is 2.19. The molecular weight excluding hydrogens is 224 g/mol. The minimum absolute atomic E-state index is 0.730. The molecule has 100 valence electrons. The first-order chi connectivity index (χ1) is 8.70. The maximum absolute atomic E-state index is 5.56. The Morgan fingerprint density at radius 2 is 2.17 bits per heavy atom. The monoisotopic (exact) mass is 248 g/mol. The molecule has 1 fully saturated rings. The Morgan fingerprint density at radius 3 is 2.72 bits per heavy atom. The highest BCUT2D eigenvalue weighted by Gasteiger charge is 2.20. The van der Waals surface area contributed by atoms with Crippen LogP contribution in [0.4, 0.5) is 0 Å². The summed E-state index contributed by atoms with van der Waals surface area (Å²) >= 11 is 0. The van der Waals surface area contributed by atoms with Crippen LogP contribution in [0.2, 0.25) is 0 Å². The Bertz CT molecular complexity index is 388. The fourth-order valence-electron chi connectivity index (χ4n) is 2.26. The van der Waals surface area contributed by atoms with Crippen LogP contribution in [0.25, 0.3) is 0 Å². The van der Waals surface area contributed by atoms with Gasteiger partial charge < -0.3 is 15.0 Å². The van der Waals surface area contributed by atoms with Gasteiger partial charge in [-0.05, 0) is 44.5 Å². The van der Waals surface area contributed by atoms with Crippen molar-refractivity contribution in [2.24, 2.45) is 0 Å². The zero-order valence-corrected chi connectivity index (χ0v) is 11.7. The van der Waals surface area contributed by atoms with Gasteiger partial charge >= 0.3 is 0 Å². The van der Waals surface area contributed by atoms with Gasteiger partial charge in [0.15, 0.2) is 0 Å². The Kier molecular flexibility index (Phi) is 4.61. The summed E-state index contributed by atoms with van der Waals surface area (Å²) in [5.41, 5.74) is 2.64. The normalized spacial score (nSPS) is 15.8. The molecule has 3 heteroatoms. The van der Waals surface area contributed by atoms with E-state index in [4.69, 9.17) is 4.74 Å². The Hall–Kier alpha value is -1.06. The summed E-state index contributed by atoms with van der Waals surface area (Å²) in [6.45, 7) is 8.28. The van der Waals surface area contributed by atoms with Crippen LogP contribution < -0.4 is 10.1 Å². The third-order valence-electron chi connectivity index (χ3n) is 3.68. The lowest BCUT2D eigenvalue weighted by Crippen LogP contribution is -2.56. The summed E-state index contributed by atoms with van der Waals surface area (Å²) in [4.78, 5) is 2.45. The second-order valence-corrected chi connectivity index (χ2v) is 5.08. The molecular formula is C15H24N2O. The predicted molar refractivity (Wildman–Crippen MR) is 75.3 cm³/mol. The fraction of sp³-hybridized carbons (Fsp3) is 0.600. The first kappa shape index (κ1) is 13.4. The quantitative estimate of drug-likeness (QED) is 0.831. The van der Waals surface area contributed by atoms with Crippen LogP contribution in [0.15, 0.2) is 18.2 Å². The SMILES string of the molecule is CCOc1ccc(CCN(C)C2CNC2)cc1C. The van der Waals surface area contributed by atoms with Crippen LogP contribution in [0.1, 0.15) is 18.1 Å². The van der Waals surface area contributed by atoms with Crippen LogP contribution in [-0.2, 0) is 6.42 Å². The molecule has 0 aromatic heterocycles. The lowest BCUT2D eigenvalue weighted by Gasteiger charge is -2.35. The van der Waals surface area contributed by atoms with E-state index in [1.807, 2.05) is 6.92 Å². The van der Waals surface area contributed by atoms with E-state index in [-0.39, 0.29) is 0 Å². The van der Waals surface area contributed by atoms with Gasteiger partial charge in [0.25, 0.3) is 0 Å². The fourth-order valence-corrected chi connectivity index (χ4v) is 2.26. The number of nitrogens with zero attached hydrogens (tertiary/aromatic N) is 1. The maximum Gasteiger partial charge on any atom is 0.122 e. The van der Waals surface area contributed by atoms with Crippen molar-refractivity contribution in [3.8, 4) is 5.75 Å². The molecule has 1 aromatic rings. The molecule has 1 aliphatic heterocycles. The van der Waals surface area contributed by atoms with Gasteiger partial charge in [-0.3, -0.25) is 0 Å². The van der Waals surface area contributed by atoms with Gasteiger partial charge in [0.05, 0.1) is 6.61 Å². The molecule has 1 aromatic carbocycles. The number of nitrogens with one attached hydrogen (secondary N) is 1. The van der Waals surface area contributed by atoms with E-state index < -0.39 is 0 Å². The van der Waals surface area contributed by atoms with Crippen molar-refractivity contribution in [1.82, 2.24) is 10.2 Å². The highest BCUT2D eigenvalue weighted by molar-refractivity contribution is 5.36. The number of likely N-dealkylation sites (N-methyl/N-ethyl adjacent to an activating group) is 1. The standard InChI is InChI=1S/C15H24N2O/c1-4-18-15-6-5-13(9-12(15)2)7-8-17(3)14-10-16-11-14/h5-6,9,14,16H,4,7-8,10-11H2,1-3H3. The van der Waals surface area contributed by atoms with E-state index >= 15 is 0 Å². The zero-order chi connectivity index (χ0) is 13.0. The third-order valence-corrected chi connectivity index (χ3v) is 3.68. The van der Waals surface area contributed by atoms with Gasteiger partial charge in [-0.1, -0.05) is 12.1 Å². The number of rotatable bonds is 6.